The van der Waals surface area contributed by atoms with Gasteiger partial charge in [-0.25, -0.2) is 8.42 Å². The zero-order chi connectivity index (χ0) is 14.8. The van der Waals surface area contributed by atoms with Gasteiger partial charge in [0.15, 0.2) is 0 Å². The van der Waals surface area contributed by atoms with Crippen LogP contribution >= 0.6 is 11.3 Å². The van der Waals surface area contributed by atoms with Crippen molar-refractivity contribution in [3.8, 4) is 0 Å². The predicted molar refractivity (Wildman–Crippen MR) is 84.0 cm³/mol. The number of nitrogens with two attached hydrogens (primary N) is 1. The van der Waals surface area contributed by atoms with Crippen molar-refractivity contribution in [1.29, 1.82) is 0 Å². The molecule has 0 aliphatic rings. The lowest BCUT2D eigenvalue weighted by atomic mass is 10.2. The first-order chi connectivity index (χ1) is 9.38. The SMILES string of the molecule is Cc1ccsc1CN(C)S(=O)(=O)Cc1cccc(N)c1. The van der Waals surface area contributed by atoms with Crippen LogP contribution in [-0.2, 0) is 22.3 Å². The van der Waals surface area contributed by atoms with Gasteiger partial charge >= 0.3 is 0 Å². The lowest BCUT2D eigenvalue weighted by Gasteiger charge is -2.17. The highest BCUT2D eigenvalue weighted by Crippen LogP contribution is 2.20. The molecule has 0 saturated heterocycles. The lowest BCUT2D eigenvalue weighted by molar-refractivity contribution is 0.468. The molecule has 0 bridgehead atoms. The molecule has 1 aromatic heterocycles. The number of hydrogen-bond donors (Lipinski definition) is 1. The number of nitrogen functional groups attached to an aromatic ring is 1. The molecule has 1 aromatic carbocycles. The molecule has 0 saturated carbocycles. The van der Waals surface area contributed by atoms with Gasteiger partial charge in [0.2, 0.25) is 10.0 Å². The van der Waals surface area contributed by atoms with Crippen molar-refractivity contribution < 1.29 is 8.42 Å². The average molecular weight is 310 g/mol. The van der Waals surface area contributed by atoms with Crippen LogP contribution < -0.4 is 5.73 Å². The number of thiophene rings is 1. The van der Waals surface area contributed by atoms with E-state index < -0.39 is 10.0 Å². The zero-order valence-electron chi connectivity index (χ0n) is 11.5. The van der Waals surface area contributed by atoms with Gasteiger partial charge < -0.3 is 5.73 Å². The number of hydrogen-bond acceptors (Lipinski definition) is 4. The number of sulfonamides is 1. The summed E-state index contributed by atoms with van der Waals surface area (Å²) in [6, 6.07) is 8.98. The molecule has 0 aliphatic heterocycles. The van der Waals surface area contributed by atoms with Crippen molar-refractivity contribution >= 4 is 27.0 Å². The van der Waals surface area contributed by atoms with Gasteiger partial charge in [-0.05, 0) is 41.6 Å². The van der Waals surface area contributed by atoms with Crippen LogP contribution in [0.3, 0.4) is 0 Å². The highest BCUT2D eigenvalue weighted by molar-refractivity contribution is 7.88. The molecule has 2 aromatic rings. The van der Waals surface area contributed by atoms with Gasteiger partial charge in [0.05, 0.1) is 5.75 Å². The molecule has 2 rings (SSSR count). The van der Waals surface area contributed by atoms with Crippen molar-refractivity contribution in [2.45, 2.75) is 19.2 Å². The predicted octanol–water partition coefficient (Wildman–Crippen LogP) is 2.60. The van der Waals surface area contributed by atoms with Crippen molar-refractivity contribution in [3.63, 3.8) is 0 Å². The Hall–Kier alpha value is -1.37. The van der Waals surface area contributed by atoms with Crippen molar-refractivity contribution in [2.75, 3.05) is 12.8 Å². The van der Waals surface area contributed by atoms with Crippen molar-refractivity contribution in [3.05, 3.63) is 51.7 Å². The smallest absolute Gasteiger partial charge is 0.218 e. The Kier molecular flexibility index (Phi) is 4.47. The Morgan fingerprint density at radius 3 is 2.65 bits per heavy atom. The van der Waals surface area contributed by atoms with Crippen LogP contribution in [0.15, 0.2) is 35.7 Å². The highest BCUT2D eigenvalue weighted by atomic mass is 32.2. The summed E-state index contributed by atoms with van der Waals surface area (Å²) in [6.45, 7) is 2.40. The Bertz CT molecular complexity index is 693. The largest absolute Gasteiger partial charge is 0.399 e. The minimum atomic E-state index is -3.34. The molecule has 0 unspecified atom stereocenters. The molecular formula is C14H18N2O2S2. The van der Waals surface area contributed by atoms with Crippen LogP contribution in [0.4, 0.5) is 5.69 Å². The molecule has 20 heavy (non-hydrogen) atoms. The number of benzene rings is 1. The number of nitrogens with zero attached hydrogens (tertiary/aromatic N) is 1. The maximum absolute atomic E-state index is 12.3. The molecule has 0 radical (unpaired) electrons. The van der Waals surface area contributed by atoms with E-state index in [-0.39, 0.29) is 5.75 Å². The summed E-state index contributed by atoms with van der Waals surface area (Å²) in [7, 11) is -1.73. The fourth-order valence-electron chi connectivity index (χ4n) is 1.87. The fraction of sp³-hybridized carbons (Fsp3) is 0.286. The fourth-order valence-corrected chi connectivity index (χ4v) is 4.06. The van der Waals surface area contributed by atoms with Gasteiger partial charge in [0.25, 0.3) is 0 Å². The first-order valence-electron chi connectivity index (χ1n) is 6.20. The normalized spacial score (nSPS) is 11.9. The van der Waals surface area contributed by atoms with E-state index in [4.69, 9.17) is 5.73 Å². The van der Waals surface area contributed by atoms with Crippen molar-refractivity contribution in [1.82, 2.24) is 4.31 Å². The molecule has 1 heterocycles. The Morgan fingerprint density at radius 1 is 1.30 bits per heavy atom. The van der Waals surface area contributed by atoms with E-state index in [2.05, 4.69) is 0 Å². The van der Waals surface area contributed by atoms with Gasteiger partial charge in [0.1, 0.15) is 0 Å². The van der Waals surface area contributed by atoms with Crippen LogP contribution in [0.2, 0.25) is 0 Å². The third-order valence-electron chi connectivity index (χ3n) is 3.11. The van der Waals surface area contributed by atoms with E-state index in [0.29, 0.717) is 17.8 Å². The monoisotopic (exact) mass is 310 g/mol. The van der Waals surface area contributed by atoms with Crippen LogP contribution in [0.1, 0.15) is 16.0 Å². The van der Waals surface area contributed by atoms with Gasteiger partial charge in [0, 0.05) is 24.2 Å². The minimum Gasteiger partial charge on any atom is -0.399 e. The zero-order valence-corrected chi connectivity index (χ0v) is 13.2. The summed E-state index contributed by atoms with van der Waals surface area (Å²) in [5, 5.41) is 1.98. The second-order valence-corrected chi connectivity index (χ2v) is 7.86. The molecule has 0 spiro atoms. The topological polar surface area (TPSA) is 63.4 Å². The molecule has 4 nitrogen and oxygen atoms in total. The van der Waals surface area contributed by atoms with Crippen LogP contribution in [0.5, 0.6) is 0 Å². The van der Waals surface area contributed by atoms with E-state index >= 15 is 0 Å². The number of rotatable bonds is 5. The molecule has 2 N–H and O–H groups in total. The Morgan fingerprint density at radius 2 is 2.05 bits per heavy atom. The maximum atomic E-state index is 12.3. The molecule has 6 heteroatoms. The summed E-state index contributed by atoms with van der Waals surface area (Å²) in [5.41, 5.74) is 8.09. The van der Waals surface area contributed by atoms with E-state index in [1.807, 2.05) is 18.4 Å². The Balaban J connectivity index is 2.12. The van der Waals surface area contributed by atoms with Crippen LogP contribution in [0.25, 0.3) is 0 Å². The molecular weight excluding hydrogens is 292 g/mol. The van der Waals surface area contributed by atoms with Gasteiger partial charge in [-0.1, -0.05) is 12.1 Å². The summed E-state index contributed by atoms with van der Waals surface area (Å²) < 4.78 is 26.1. The van der Waals surface area contributed by atoms with E-state index in [1.54, 1.807) is 42.6 Å². The molecule has 108 valence electrons. The van der Waals surface area contributed by atoms with E-state index in [1.165, 1.54) is 4.31 Å². The average Bonchev–Trinajstić information content (AvgIpc) is 2.74. The summed E-state index contributed by atoms with van der Waals surface area (Å²) in [5.74, 6) is -0.0288. The van der Waals surface area contributed by atoms with Crippen LogP contribution in [-0.4, -0.2) is 19.8 Å². The van der Waals surface area contributed by atoms with E-state index in [0.717, 1.165) is 10.4 Å². The van der Waals surface area contributed by atoms with Gasteiger partial charge in [-0.3, -0.25) is 0 Å². The number of aryl methyl sites for hydroxylation is 1. The molecule has 0 amide bonds. The minimum absolute atomic E-state index is 0.0288. The second kappa shape index (κ2) is 5.95. The van der Waals surface area contributed by atoms with Gasteiger partial charge in [-0.15, -0.1) is 11.3 Å². The highest BCUT2D eigenvalue weighted by Gasteiger charge is 2.19. The second-order valence-electron chi connectivity index (χ2n) is 4.78. The quantitative estimate of drug-likeness (QED) is 0.863. The molecule has 0 atom stereocenters. The van der Waals surface area contributed by atoms with Gasteiger partial charge in [-0.2, -0.15) is 4.31 Å². The first-order valence-corrected chi connectivity index (χ1v) is 8.69. The first kappa shape index (κ1) is 15.0. The summed E-state index contributed by atoms with van der Waals surface area (Å²) >= 11 is 1.58. The van der Waals surface area contributed by atoms with E-state index in [9.17, 15) is 8.42 Å². The standard InChI is InChI=1S/C14H18N2O2S2/c1-11-6-7-19-14(11)9-16(2)20(17,18)10-12-4-3-5-13(15)8-12/h3-8H,9-10,15H2,1-2H3. The summed E-state index contributed by atoms with van der Waals surface area (Å²) in [4.78, 5) is 1.07. The molecule has 0 fully saturated rings. The number of anilines is 1. The third-order valence-corrected chi connectivity index (χ3v) is 5.89. The maximum Gasteiger partial charge on any atom is 0.218 e. The van der Waals surface area contributed by atoms with Crippen LogP contribution in [0, 0.1) is 6.92 Å². The lowest BCUT2D eigenvalue weighted by Crippen LogP contribution is -2.27. The van der Waals surface area contributed by atoms with Crippen molar-refractivity contribution in [2.24, 2.45) is 0 Å². The summed E-state index contributed by atoms with van der Waals surface area (Å²) in [6.07, 6.45) is 0. The molecule has 0 aliphatic carbocycles. The Labute approximate surface area is 123 Å². The third kappa shape index (κ3) is 3.59.